The number of aromatic nitrogens is 1. The minimum atomic E-state index is -0.905. The smallest absolute Gasteiger partial charge is 0.175 e. The van der Waals surface area contributed by atoms with Crippen molar-refractivity contribution in [2.75, 3.05) is 10.6 Å². The summed E-state index contributed by atoms with van der Waals surface area (Å²) in [4.78, 5) is 4.86. The van der Waals surface area contributed by atoms with Crippen LogP contribution in [0.3, 0.4) is 0 Å². The molecule has 0 saturated carbocycles. The molecule has 0 aliphatic carbocycles. The number of rotatable bonds is 3. The molecule has 1 heterocycles. The maximum Gasteiger partial charge on any atom is 0.175 e. The Morgan fingerprint density at radius 2 is 2.19 bits per heavy atom. The zero-order valence-electron chi connectivity index (χ0n) is 8.54. The second-order valence-electron chi connectivity index (χ2n) is 2.96. The molecule has 86 valence electrons. The van der Waals surface area contributed by atoms with Gasteiger partial charge in [-0.3, -0.25) is 0 Å². The van der Waals surface area contributed by atoms with Crippen LogP contribution < -0.4 is 10.6 Å². The molecule has 1 rings (SSSR count). The van der Waals surface area contributed by atoms with Crippen LogP contribution >= 0.6 is 11.6 Å². The predicted octanol–water partition coefficient (Wildman–Crippen LogP) is 2.99. The molecular formula is C10H10ClF2N3. The van der Waals surface area contributed by atoms with Crippen molar-refractivity contribution in [3.05, 3.63) is 41.7 Å². The lowest BCUT2D eigenvalue weighted by Crippen LogP contribution is -2.16. The first-order chi connectivity index (χ1) is 7.51. The van der Waals surface area contributed by atoms with E-state index < -0.39 is 11.6 Å². The first-order valence-electron chi connectivity index (χ1n) is 4.31. The largest absolute Gasteiger partial charge is 0.381 e. The van der Waals surface area contributed by atoms with Crippen LogP contribution in [-0.4, -0.2) is 4.98 Å². The number of pyridine rings is 1. The third-order valence-electron chi connectivity index (χ3n) is 1.89. The van der Waals surface area contributed by atoms with Crippen molar-refractivity contribution < 1.29 is 8.78 Å². The molecule has 0 amide bonds. The van der Waals surface area contributed by atoms with Crippen LogP contribution in [-0.2, 0) is 0 Å². The van der Waals surface area contributed by atoms with E-state index in [1.54, 1.807) is 6.92 Å². The van der Waals surface area contributed by atoms with E-state index in [0.717, 1.165) is 0 Å². The SMILES string of the molecule is C=CN(/C(C)=C\Cl)c1nc(N)c(F)cc1F. The molecule has 0 bridgehead atoms. The highest BCUT2D eigenvalue weighted by molar-refractivity contribution is 6.25. The standard InChI is InChI=1S/C10H10ClF2N3/c1-3-16(6(2)5-11)10-8(13)4-7(12)9(14)15-10/h3-5H,1H2,2H3,(H2,14,15)/b6-5-. The summed E-state index contributed by atoms with van der Waals surface area (Å²) in [6.07, 6.45) is 1.30. The highest BCUT2D eigenvalue weighted by Crippen LogP contribution is 2.24. The summed E-state index contributed by atoms with van der Waals surface area (Å²) in [5.74, 6) is -2.28. The highest BCUT2D eigenvalue weighted by atomic mass is 35.5. The van der Waals surface area contributed by atoms with Gasteiger partial charge in [0.05, 0.1) is 0 Å². The Labute approximate surface area is 96.8 Å². The fraction of sp³-hybridized carbons (Fsp3) is 0.100. The second kappa shape index (κ2) is 4.94. The number of halogens is 3. The minimum absolute atomic E-state index is 0.150. The van der Waals surface area contributed by atoms with Crippen LogP contribution in [0.25, 0.3) is 0 Å². The quantitative estimate of drug-likeness (QED) is 0.890. The van der Waals surface area contributed by atoms with E-state index in [4.69, 9.17) is 17.3 Å². The van der Waals surface area contributed by atoms with E-state index in [1.807, 2.05) is 0 Å². The van der Waals surface area contributed by atoms with Gasteiger partial charge >= 0.3 is 0 Å². The molecule has 0 saturated heterocycles. The average molecular weight is 246 g/mol. The van der Waals surface area contributed by atoms with Crippen molar-refractivity contribution in [2.45, 2.75) is 6.92 Å². The molecule has 0 aliphatic heterocycles. The fourth-order valence-electron chi connectivity index (χ4n) is 1.09. The molecule has 1 aromatic heterocycles. The van der Waals surface area contributed by atoms with Crippen molar-refractivity contribution in [1.82, 2.24) is 4.98 Å². The van der Waals surface area contributed by atoms with E-state index in [9.17, 15) is 8.78 Å². The molecule has 2 N–H and O–H groups in total. The van der Waals surface area contributed by atoms with Crippen molar-refractivity contribution in [2.24, 2.45) is 0 Å². The van der Waals surface area contributed by atoms with E-state index in [0.29, 0.717) is 11.8 Å². The van der Waals surface area contributed by atoms with Gasteiger partial charge in [0.25, 0.3) is 0 Å². The third-order valence-corrected chi connectivity index (χ3v) is 2.20. The highest BCUT2D eigenvalue weighted by Gasteiger charge is 2.15. The number of allylic oxidation sites excluding steroid dienone is 1. The maximum atomic E-state index is 13.4. The van der Waals surface area contributed by atoms with Crippen molar-refractivity contribution >= 4 is 23.2 Å². The number of hydrogen-bond acceptors (Lipinski definition) is 3. The lowest BCUT2D eigenvalue weighted by atomic mass is 10.3. The minimum Gasteiger partial charge on any atom is -0.381 e. The predicted molar refractivity (Wildman–Crippen MR) is 60.9 cm³/mol. The third kappa shape index (κ3) is 2.30. The number of anilines is 2. The van der Waals surface area contributed by atoms with Crippen LogP contribution in [0.15, 0.2) is 30.1 Å². The number of nitrogen functional groups attached to an aromatic ring is 1. The molecule has 6 heteroatoms. The second-order valence-corrected chi connectivity index (χ2v) is 3.18. The van der Waals surface area contributed by atoms with E-state index in [2.05, 4.69) is 11.6 Å². The Bertz CT molecular complexity index is 446. The Morgan fingerprint density at radius 3 is 2.69 bits per heavy atom. The summed E-state index contributed by atoms with van der Waals surface area (Å²) in [6.45, 7) is 5.11. The number of nitrogens with zero attached hydrogens (tertiary/aromatic N) is 2. The molecule has 1 aromatic rings. The summed E-state index contributed by atoms with van der Waals surface area (Å²) >= 11 is 5.49. The van der Waals surface area contributed by atoms with Crippen molar-refractivity contribution in [1.29, 1.82) is 0 Å². The Morgan fingerprint density at radius 1 is 1.56 bits per heavy atom. The van der Waals surface area contributed by atoms with E-state index in [-0.39, 0.29) is 11.6 Å². The molecule has 0 aliphatic rings. The lowest BCUT2D eigenvalue weighted by molar-refractivity contribution is 0.577. The van der Waals surface area contributed by atoms with Crippen LogP contribution in [0.5, 0.6) is 0 Å². The van der Waals surface area contributed by atoms with Gasteiger partial charge in [-0.05, 0) is 6.92 Å². The normalized spacial score (nSPS) is 11.4. The molecule has 0 aromatic carbocycles. The van der Waals surface area contributed by atoms with Gasteiger partial charge in [0, 0.05) is 23.5 Å². The molecular weight excluding hydrogens is 236 g/mol. The van der Waals surface area contributed by atoms with Gasteiger partial charge in [0.1, 0.15) is 0 Å². The molecule has 0 fully saturated rings. The number of nitrogens with two attached hydrogens (primary N) is 1. The van der Waals surface area contributed by atoms with E-state index >= 15 is 0 Å². The molecule has 0 atom stereocenters. The zero-order chi connectivity index (χ0) is 12.3. The molecule has 3 nitrogen and oxygen atoms in total. The van der Waals surface area contributed by atoms with Gasteiger partial charge in [-0.15, -0.1) is 0 Å². The lowest BCUT2D eigenvalue weighted by Gasteiger charge is -2.19. The summed E-state index contributed by atoms with van der Waals surface area (Å²) in [5.41, 5.74) is 6.96. The number of hydrogen-bond donors (Lipinski definition) is 1. The van der Waals surface area contributed by atoms with Gasteiger partial charge in [-0.1, -0.05) is 18.2 Å². The average Bonchev–Trinajstić information content (AvgIpc) is 2.26. The molecule has 16 heavy (non-hydrogen) atoms. The molecule has 0 radical (unpaired) electrons. The zero-order valence-corrected chi connectivity index (χ0v) is 9.30. The first kappa shape index (κ1) is 12.4. The van der Waals surface area contributed by atoms with Gasteiger partial charge < -0.3 is 10.6 Å². The molecule has 0 unspecified atom stereocenters. The van der Waals surface area contributed by atoms with Gasteiger partial charge in [0.2, 0.25) is 0 Å². The van der Waals surface area contributed by atoms with Crippen LogP contribution in [0.2, 0.25) is 0 Å². The van der Waals surface area contributed by atoms with Crippen molar-refractivity contribution in [3.8, 4) is 0 Å². The van der Waals surface area contributed by atoms with E-state index in [1.165, 1.54) is 16.6 Å². The van der Waals surface area contributed by atoms with Gasteiger partial charge in [0.15, 0.2) is 23.3 Å². The Hall–Kier alpha value is -1.62. The van der Waals surface area contributed by atoms with Gasteiger partial charge in [-0.2, -0.15) is 0 Å². The monoisotopic (exact) mass is 245 g/mol. The van der Waals surface area contributed by atoms with Crippen LogP contribution in [0, 0.1) is 11.6 Å². The summed E-state index contributed by atoms with van der Waals surface area (Å²) in [5, 5.41) is 0. The Kier molecular flexibility index (Phi) is 3.84. The summed E-state index contributed by atoms with van der Waals surface area (Å²) < 4.78 is 26.3. The Balaban J connectivity index is 3.31. The summed E-state index contributed by atoms with van der Waals surface area (Å²) in [6, 6.07) is 0.662. The van der Waals surface area contributed by atoms with Crippen molar-refractivity contribution in [3.63, 3.8) is 0 Å². The van der Waals surface area contributed by atoms with Crippen LogP contribution in [0.1, 0.15) is 6.92 Å². The first-order valence-corrected chi connectivity index (χ1v) is 4.75. The fourth-order valence-corrected chi connectivity index (χ4v) is 1.19. The maximum absolute atomic E-state index is 13.4. The molecule has 0 spiro atoms. The van der Waals surface area contributed by atoms with Gasteiger partial charge in [-0.25, -0.2) is 13.8 Å². The summed E-state index contributed by atoms with van der Waals surface area (Å²) in [7, 11) is 0. The van der Waals surface area contributed by atoms with Crippen LogP contribution in [0.4, 0.5) is 20.4 Å². The topological polar surface area (TPSA) is 42.2 Å².